The quantitative estimate of drug-likeness (QED) is 0.920. The molecule has 2 aliphatic heterocycles. The Hall–Kier alpha value is -1.39. The molecule has 22 heavy (non-hydrogen) atoms. The summed E-state index contributed by atoms with van der Waals surface area (Å²) >= 11 is 0. The number of nitrogens with zero attached hydrogens (tertiary/aromatic N) is 2. The van der Waals surface area contributed by atoms with Crippen molar-refractivity contribution in [1.82, 2.24) is 9.80 Å². The van der Waals surface area contributed by atoms with Gasteiger partial charge in [0.05, 0.1) is 6.54 Å². The van der Waals surface area contributed by atoms with Crippen molar-refractivity contribution in [1.29, 1.82) is 0 Å². The number of piperidine rings is 1. The van der Waals surface area contributed by atoms with E-state index >= 15 is 0 Å². The van der Waals surface area contributed by atoms with E-state index in [-0.39, 0.29) is 5.91 Å². The Bertz CT molecular complexity index is 531. The highest BCUT2D eigenvalue weighted by molar-refractivity contribution is 5.78. The van der Waals surface area contributed by atoms with Crippen LogP contribution in [0.4, 0.5) is 0 Å². The van der Waals surface area contributed by atoms with Crippen molar-refractivity contribution >= 4 is 5.91 Å². The van der Waals surface area contributed by atoms with Gasteiger partial charge < -0.3 is 10.6 Å². The molecule has 0 radical (unpaired) electrons. The topological polar surface area (TPSA) is 49.6 Å². The first-order valence-electron chi connectivity index (χ1n) is 8.44. The van der Waals surface area contributed by atoms with E-state index in [4.69, 9.17) is 5.73 Å². The van der Waals surface area contributed by atoms with Gasteiger partial charge in [0, 0.05) is 19.6 Å². The summed E-state index contributed by atoms with van der Waals surface area (Å²) in [6.07, 6.45) is 2.13. The number of likely N-dealkylation sites (tertiary alicyclic amines) is 1. The fraction of sp³-hybridized carbons (Fsp3) is 0.611. The summed E-state index contributed by atoms with van der Waals surface area (Å²) in [4.78, 5) is 16.9. The molecule has 4 heteroatoms. The maximum absolute atomic E-state index is 12.6. The van der Waals surface area contributed by atoms with Gasteiger partial charge in [0.25, 0.3) is 0 Å². The summed E-state index contributed by atoms with van der Waals surface area (Å²) in [5, 5.41) is 0. The van der Waals surface area contributed by atoms with E-state index in [1.54, 1.807) is 0 Å². The molecule has 4 nitrogen and oxygen atoms in total. The second kappa shape index (κ2) is 6.80. The predicted molar refractivity (Wildman–Crippen MR) is 88.3 cm³/mol. The SMILES string of the molecule is CC1CCN(CC(=O)N2CCc3ccccc3C2)CC1CN. The first-order chi connectivity index (χ1) is 10.7. The number of carbonyl (C=O) groups excluding carboxylic acids is 1. The molecule has 0 spiro atoms. The molecule has 0 saturated carbocycles. The Morgan fingerprint density at radius 2 is 2.05 bits per heavy atom. The zero-order valence-corrected chi connectivity index (χ0v) is 13.5. The molecule has 2 aliphatic rings. The molecule has 2 unspecified atom stereocenters. The van der Waals surface area contributed by atoms with Gasteiger partial charge in [0.1, 0.15) is 0 Å². The third-order valence-corrected chi connectivity index (χ3v) is 5.34. The molecule has 1 aromatic rings. The maximum atomic E-state index is 12.6. The molecule has 0 aromatic heterocycles. The Labute approximate surface area is 133 Å². The van der Waals surface area contributed by atoms with Crippen molar-refractivity contribution in [3.8, 4) is 0 Å². The molecule has 1 saturated heterocycles. The van der Waals surface area contributed by atoms with Crippen LogP contribution in [-0.2, 0) is 17.8 Å². The summed E-state index contributed by atoms with van der Waals surface area (Å²) < 4.78 is 0. The van der Waals surface area contributed by atoms with Crippen LogP contribution in [0.3, 0.4) is 0 Å². The molecule has 2 heterocycles. The maximum Gasteiger partial charge on any atom is 0.237 e. The molecule has 1 aromatic carbocycles. The minimum Gasteiger partial charge on any atom is -0.337 e. The molecule has 1 fully saturated rings. The minimum atomic E-state index is 0.264. The fourth-order valence-electron chi connectivity index (χ4n) is 3.68. The molecular weight excluding hydrogens is 274 g/mol. The Kier molecular flexibility index (Phi) is 4.79. The van der Waals surface area contributed by atoms with E-state index < -0.39 is 0 Å². The Morgan fingerprint density at radius 3 is 2.82 bits per heavy atom. The molecule has 0 bridgehead atoms. The molecule has 3 rings (SSSR count). The summed E-state index contributed by atoms with van der Waals surface area (Å²) in [5.41, 5.74) is 8.55. The molecule has 120 valence electrons. The van der Waals surface area contributed by atoms with Crippen molar-refractivity contribution < 1.29 is 4.79 Å². The average Bonchev–Trinajstić information content (AvgIpc) is 2.56. The largest absolute Gasteiger partial charge is 0.337 e. The number of benzene rings is 1. The van der Waals surface area contributed by atoms with E-state index in [1.807, 2.05) is 4.90 Å². The van der Waals surface area contributed by atoms with Crippen molar-refractivity contribution in [2.45, 2.75) is 26.3 Å². The van der Waals surface area contributed by atoms with Crippen LogP contribution < -0.4 is 5.73 Å². The van der Waals surface area contributed by atoms with Gasteiger partial charge in [0.15, 0.2) is 0 Å². The average molecular weight is 301 g/mol. The molecule has 2 N–H and O–H groups in total. The van der Waals surface area contributed by atoms with Crippen LogP contribution >= 0.6 is 0 Å². The summed E-state index contributed by atoms with van der Waals surface area (Å²) in [7, 11) is 0. The van der Waals surface area contributed by atoms with E-state index in [0.29, 0.717) is 18.4 Å². The molecular formula is C18H27N3O. The highest BCUT2D eigenvalue weighted by Gasteiger charge is 2.28. The second-order valence-corrected chi connectivity index (χ2v) is 6.83. The standard InChI is InChI=1S/C18H27N3O/c1-14-6-8-20(11-17(14)10-19)13-18(22)21-9-7-15-4-2-3-5-16(15)12-21/h2-5,14,17H,6-13,19H2,1H3. The van der Waals surface area contributed by atoms with Gasteiger partial charge in [-0.25, -0.2) is 0 Å². The van der Waals surface area contributed by atoms with Crippen LogP contribution in [0.25, 0.3) is 0 Å². The zero-order chi connectivity index (χ0) is 15.5. The van der Waals surface area contributed by atoms with Crippen molar-refractivity contribution in [2.24, 2.45) is 17.6 Å². The van der Waals surface area contributed by atoms with Crippen molar-refractivity contribution in [3.05, 3.63) is 35.4 Å². The fourth-order valence-corrected chi connectivity index (χ4v) is 3.68. The second-order valence-electron chi connectivity index (χ2n) is 6.83. The Morgan fingerprint density at radius 1 is 1.27 bits per heavy atom. The van der Waals surface area contributed by atoms with Crippen LogP contribution in [-0.4, -0.2) is 48.4 Å². The van der Waals surface area contributed by atoms with Gasteiger partial charge in [-0.2, -0.15) is 0 Å². The lowest BCUT2D eigenvalue weighted by Gasteiger charge is -2.37. The lowest BCUT2D eigenvalue weighted by Crippen LogP contribution is -2.48. The third kappa shape index (κ3) is 3.33. The van der Waals surface area contributed by atoms with Crippen LogP contribution in [0, 0.1) is 11.8 Å². The monoisotopic (exact) mass is 301 g/mol. The normalized spacial score (nSPS) is 25.8. The number of carbonyl (C=O) groups is 1. The number of rotatable bonds is 3. The van der Waals surface area contributed by atoms with Gasteiger partial charge in [-0.05, 0) is 48.9 Å². The molecule has 0 aliphatic carbocycles. The summed E-state index contributed by atoms with van der Waals surface area (Å²) in [6.45, 7) is 7.15. The van der Waals surface area contributed by atoms with Gasteiger partial charge in [0.2, 0.25) is 5.91 Å². The lowest BCUT2D eigenvalue weighted by atomic mass is 9.87. The number of fused-ring (bicyclic) bond motifs is 1. The van der Waals surface area contributed by atoms with Crippen molar-refractivity contribution in [3.63, 3.8) is 0 Å². The van der Waals surface area contributed by atoms with E-state index in [0.717, 1.165) is 45.6 Å². The van der Waals surface area contributed by atoms with E-state index in [1.165, 1.54) is 11.1 Å². The van der Waals surface area contributed by atoms with Crippen molar-refractivity contribution in [2.75, 3.05) is 32.7 Å². The van der Waals surface area contributed by atoms with Crippen LogP contribution in [0.2, 0.25) is 0 Å². The number of nitrogens with two attached hydrogens (primary N) is 1. The van der Waals surface area contributed by atoms with Gasteiger partial charge in [-0.15, -0.1) is 0 Å². The Balaban J connectivity index is 1.57. The van der Waals surface area contributed by atoms with Gasteiger partial charge >= 0.3 is 0 Å². The van der Waals surface area contributed by atoms with E-state index in [9.17, 15) is 4.79 Å². The smallest absolute Gasteiger partial charge is 0.237 e. The number of hydrogen-bond donors (Lipinski definition) is 1. The molecule has 2 atom stereocenters. The number of hydrogen-bond acceptors (Lipinski definition) is 3. The van der Waals surface area contributed by atoms with Crippen LogP contribution in [0.1, 0.15) is 24.5 Å². The highest BCUT2D eigenvalue weighted by atomic mass is 16.2. The van der Waals surface area contributed by atoms with Crippen LogP contribution in [0.5, 0.6) is 0 Å². The first kappa shape index (κ1) is 15.5. The lowest BCUT2D eigenvalue weighted by molar-refractivity contribution is -0.134. The number of amides is 1. The van der Waals surface area contributed by atoms with Gasteiger partial charge in [-0.1, -0.05) is 31.2 Å². The highest BCUT2D eigenvalue weighted by Crippen LogP contribution is 2.23. The van der Waals surface area contributed by atoms with Crippen LogP contribution in [0.15, 0.2) is 24.3 Å². The summed E-state index contributed by atoms with van der Waals surface area (Å²) in [6, 6.07) is 8.46. The minimum absolute atomic E-state index is 0.264. The summed E-state index contributed by atoms with van der Waals surface area (Å²) in [5.74, 6) is 1.47. The van der Waals surface area contributed by atoms with E-state index in [2.05, 4.69) is 36.1 Å². The van der Waals surface area contributed by atoms with Gasteiger partial charge in [-0.3, -0.25) is 9.69 Å². The third-order valence-electron chi connectivity index (χ3n) is 5.34. The first-order valence-corrected chi connectivity index (χ1v) is 8.44. The zero-order valence-electron chi connectivity index (χ0n) is 13.5. The predicted octanol–water partition coefficient (Wildman–Crippen LogP) is 1.49. The molecule has 1 amide bonds.